The van der Waals surface area contributed by atoms with Crippen molar-refractivity contribution in [1.82, 2.24) is 14.2 Å². The monoisotopic (exact) mass is 544 g/mol. The average molecular weight is 545 g/mol. The smallest absolute Gasteiger partial charge is 0.260 e. The third-order valence-electron chi connectivity index (χ3n) is 6.65. The quantitative estimate of drug-likeness (QED) is 0.448. The van der Waals surface area contributed by atoms with Gasteiger partial charge in [0.25, 0.3) is 5.91 Å². The largest absolute Gasteiger partial charge is 0.486 e. The first-order chi connectivity index (χ1) is 17.7. The summed E-state index contributed by atoms with van der Waals surface area (Å²) < 4.78 is 40.1. The van der Waals surface area contributed by atoms with E-state index in [9.17, 15) is 13.2 Å². The second-order valence-electron chi connectivity index (χ2n) is 9.85. The Kier molecular flexibility index (Phi) is 7.39. The number of rotatable bonds is 7. The topological polar surface area (TPSA) is 92.3 Å². The maximum absolute atomic E-state index is 13.7. The van der Waals surface area contributed by atoms with Crippen LogP contribution in [0.25, 0.3) is 10.2 Å². The van der Waals surface area contributed by atoms with E-state index >= 15 is 0 Å². The van der Waals surface area contributed by atoms with Crippen LogP contribution < -0.4 is 14.4 Å². The van der Waals surface area contributed by atoms with E-state index in [1.807, 2.05) is 31.1 Å². The predicted octanol–water partition coefficient (Wildman–Crippen LogP) is 3.70. The van der Waals surface area contributed by atoms with Crippen molar-refractivity contribution in [2.45, 2.75) is 24.7 Å². The van der Waals surface area contributed by atoms with Gasteiger partial charge in [0.05, 0.1) is 15.1 Å². The molecule has 2 aromatic carbocycles. The first-order valence-electron chi connectivity index (χ1n) is 12.5. The summed E-state index contributed by atoms with van der Waals surface area (Å²) in [5.41, 5.74) is 1.15. The third-order valence-corrected chi connectivity index (χ3v) is 9.57. The Morgan fingerprint density at radius 2 is 1.81 bits per heavy atom. The highest BCUT2D eigenvalue weighted by Gasteiger charge is 2.29. The van der Waals surface area contributed by atoms with Gasteiger partial charge in [-0.2, -0.15) is 4.31 Å². The molecule has 1 amide bonds. The summed E-state index contributed by atoms with van der Waals surface area (Å²) in [5, 5.41) is 0.572. The van der Waals surface area contributed by atoms with E-state index in [0.29, 0.717) is 67.5 Å². The van der Waals surface area contributed by atoms with Gasteiger partial charge in [-0.3, -0.25) is 9.69 Å². The molecule has 1 atom stereocenters. The Labute approximate surface area is 221 Å². The summed E-state index contributed by atoms with van der Waals surface area (Å²) in [4.78, 5) is 22.3. The molecule has 0 aliphatic carbocycles. The third kappa shape index (κ3) is 5.45. The molecule has 3 aromatic rings. The van der Waals surface area contributed by atoms with E-state index in [4.69, 9.17) is 14.5 Å². The lowest BCUT2D eigenvalue weighted by Crippen LogP contribution is -2.39. The molecule has 11 heteroatoms. The Hall–Kier alpha value is -2.73. The van der Waals surface area contributed by atoms with Gasteiger partial charge in [-0.05, 0) is 57.1 Å². The van der Waals surface area contributed by atoms with Crippen LogP contribution in [-0.2, 0) is 10.0 Å². The fourth-order valence-electron chi connectivity index (χ4n) is 4.59. The SMILES string of the molecule is C[C@H]1CCCN(S(=O)(=O)c2ccc(C(=O)N(CCN(C)C)c3nc4cc5c(cc4s3)OCCO5)cc2)C1. The lowest BCUT2D eigenvalue weighted by Gasteiger charge is -2.30. The number of amides is 1. The molecule has 1 saturated heterocycles. The summed E-state index contributed by atoms with van der Waals surface area (Å²) in [5.74, 6) is 1.45. The molecule has 0 radical (unpaired) electrons. The Morgan fingerprint density at radius 3 is 2.49 bits per heavy atom. The molecule has 3 heterocycles. The highest BCUT2D eigenvalue weighted by molar-refractivity contribution is 7.89. The van der Waals surface area contributed by atoms with Gasteiger partial charge in [0.15, 0.2) is 16.6 Å². The van der Waals surface area contributed by atoms with Gasteiger partial charge in [0.1, 0.15) is 13.2 Å². The van der Waals surface area contributed by atoms with Crippen LogP contribution in [0.4, 0.5) is 5.13 Å². The number of anilines is 1. The van der Waals surface area contributed by atoms with Crippen molar-refractivity contribution in [2.24, 2.45) is 5.92 Å². The molecule has 0 bridgehead atoms. The van der Waals surface area contributed by atoms with Crippen LogP contribution in [0.3, 0.4) is 0 Å². The van der Waals surface area contributed by atoms with Crippen LogP contribution in [0, 0.1) is 5.92 Å². The van der Waals surface area contributed by atoms with Gasteiger partial charge in [0.2, 0.25) is 10.0 Å². The minimum atomic E-state index is -3.59. The fourth-order valence-corrected chi connectivity index (χ4v) is 7.19. The number of nitrogens with zero attached hydrogens (tertiary/aromatic N) is 4. The molecule has 1 fully saturated rings. The Morgan fingerprint density at radius 1 is 1.11 bits per heavy atom. The van der Waals surface area contributed by atoms with Crippen molar-refractivity contribution in [3.63, 3.8) is 0 Å². The average Bonchev–Trinajstić information content (AvgIpc) is 3.29. The van der Waals surface area contributed by atoms with Crippen molar-refractivity contribution >= 4 is 42.6 Å². The summed E-state index contributed by atoms with van der Waals surface area (Å²) in [6.07, 6.45) is 1.90. The van der Waals surface area contributed by atoms with Gasteiger partial charge < -0.3 is 14.4 Å². The lowest BCUT2D eigenvalue weighted by molar-refractivity contribution is 0.0985. The zero-order valence-electron chi connectivity index (χ0n) is 21.3. The van der Waals surface area contributed by atoms with Gasteiger partial charge in [0, 0.05) is 43.9 Å². The summed E-state index contributed by atoms with van der Waals surface area (Å²) in [6, 6.07) is 10.0. The number of likely N-dealkylation sites (N-methyl/N-ethyl adjacent to an activating group) is 1. The number of carbonyl (C=O) groups is 1. The van der Waals surface area contributed by atoms with Crippen LogP contribution in [-0.4, -0.2) is 82.0 Å². The summed E-state index contributed by atoms with van der Waals surface area (Å²) >= 11 is 1.42. The maximum Gasteiger partial charge on any atom is 0.260 e. The minimum Gasteiger partial charge on any atom is -0.486 e. The van der Waals surface area contributed by atoms with Crippen LogP contribution in [0.5, 0.6) is 11.5 Å². The van der Waals surface area contributed by atoms with Crippen molar-refractivity contribution in [1.29, 1.82) is 0 Å². The fraction of sp³-hybridized carbons (Fsp3) is 0.462. The number of sulfonamides is 1. The van der Waals surface area contributed by atoms with E-state index in [0.717, 1.165) is 23.1 Å². The number of aromatic nitrogens is 1. The maximum atomic E-state index is 13.7. The normalized spacial score (nSPS) is 18.3. The number of fused-ring (bicyclic) bond motifs is 2. The number of hydrogen-bond acceptors (Lipinski definition) is 8. The number of ether oxygens (including phenoxy) is 2. The number of benzene rings is 2. The molecule has 0 spiro atoms. The molecular formula is C26H32N4O5S2. The number of carbonyl (C=O) groups excluding carboxylic acids is 1. The van der Waals surface area contributed by atoms with Crippen LogP contribution in [0.2, 0.25) is 0 Å². The van der Waals surface area contributed by atoms with Crippen LogP contribution >= 0.6 is 11.3 Å². The minimum absolute atomic E-state index is 0.212. The Balaban J connectivity index is 1.42. The predicted molar refractivity (Wildman–Crippen MR) is 144 cm³/mol. The van der Waals surface area contributed by atoms with Crippen LogP contribution in [0.1, 0.15) is 30.1 Å². The highest BCUT2D eigenvalue weighted by atomic mass is 32.2. The molecular weight excluding hydrogens is 512 g/mol. The molecule has 37 heavy (non-hydrogen) atoms. The van der Waals surface area contributed by atoms with E-state index in [-0.39, 0.29) is 10.8 Å². The first kappa shape index (κ1) is 25.9. The number of thiazole rings is 1. The second kappa shape index (κ2) is 10.6. The van der Waals surface area contributed by atoms with E-state index < -0.39 is 10.0 Å². The zero-order valence-corrected chi connectivity index (χ0v) is 23.0. The molecule has 5 rings (SSSR count). The summed E-state index contributed by atoms with van der Waals surface area (Å²) in [7, 11) is 0.309. The molecule has 198 valence electrons. The molecule has 0 unspecified atom stereocenters. The molecule has 9 nitrogen and oxygen atoms in total. The summed E-state index contributed by atoms with van der Waals surface area (Å²) in [6.45, 7) is 5.20. The van der Waals surface area contributed by atoms with E-state index in [1.54, 1.807) is 21.3 Å². The van der Waals surface area contributed by atoms with Gasteiger partial charge >= 0.3 is 0 Å². The standard InChI is InChI=1S/C26H32N4O5S2/c1-18-5-4-10-29(17-18)37(32,33)20-8-6-19(7-9-20)25(31)30(12-11-28(2)3)26-27-21-15-22-23(16-24(21)36-26)35-14-13-34-22/h6-9,15-16,18H,4-5,10-14,17H2,1-3H3/t18-/m0/s1. The highest BCUT2D eigenvalue weighted by Crippen LogP contribution is 2.39. The molecule has 0 saturated carbocycles. The molecule has 0 N–H and O–H groups in total. The first-order valence-corrected chi connectivity index (χ1v) is 14.7. The zero-order chi connectivity index (χ0) is 26.2. The van der Waals surface area contributed by atoms with Crippen LogP contribution in [0.15, 0.2) is 41.3 Å². The van der Waals surface area contributed by atoms with Crippen molar-refractivity contribution in [3.8, 4) is 11.5 Å². The van der Waals surface area contributed by atoms with Gasteiger partial charge in [-0.1, -0.05) is 18.3 Å². The molecule has 1 aromatic heterocycles. The van der Waals surface area contributed by atoms with Gasteiger partial charge in [-0.15, -0.1) is 0 Å². The number of piperidine rings is 1. The number of hydrogen-bond donors (Lipinski definition) is 0. The van der Waals surface area contributed by atoms with Gasteiger partial charge in [-0.25, -0.2) is 13.4 Å². The van der Waals surface area contributed by atoms with E-state index in [2.05, 4.69) is 6.92 Å². The van der Waals surface area contributed by atoms with Crippen molar-refractivity contribution in [2.75, 3.05) is 58.4 Å². The molecule has 2 aliphatic heterocycles. The van der Waals surface area contributed by atoms with E-state index in [1.165, 1.54) is 23.5 Å². The Bertz CT molecular complexity index is 1340. The van der Waals surface area contributed by atoms with Crippen molar-refractivity contribution < 1.29 is 22.7 Å². The molecule has 2 aliphatic rings. The second-order valence-corrected chi connectivity index (χ2v) is 12.8. The van der Waals surface area contributed by atoms with Crippen molar-refractivity contribution in [3.05, 3.63) is 42.0 Å². The lowest BCUT2D eigenvalue weighted by atomic mass is 10.0.